The highest BCUT2D eigenvalue weighted by atomic mass is 32.2. The van der Waals surface area contributed by atoms with Crippen LogP contribution in [0.3, 0.4) is 0 Å². The van der Waals surface area contributed by atoms with Crippen molar-refractivity contribution < 1.29 is 22.8 Å². The van der Waals surface area contributed by atoms with Crippen LogP contribution in [0.15, 0.2) is 19.6 Å². The van der Waals surface area contributed by atoms with Crippen molar-refractivity contribution in [2.45, 2.75) is 5.03 Å². The van der Waals surface area contributed by atoms with Gasteiger partial charge >= 0.3 is 10.0 Å². The van der Waals surface area contributed by atoms with Crippen LogP contribution >= 0.6 is 11.8 Å². The van der Waals surface area contributed by atoms with Crippen molar-refractivity contribution in [2.24, 2.45) is 21.6 Å². The molecular formula is C9H7N5O5S2. The van der Waals surface area contributed by atoms with Crippen LogP contribution in [0.2, 0.25) is 0 Å². The monoisotopic (exact) mass is 329 g/mol. The largest absolute Gasteiger partial charge is 0.394 e. The van der Waals surface area contributed by atoms with Crippen LogP contribution in [0.1, 0.15) is 5.56 Å². The molecule has 0 radical (unpaired) electrons. The lowest BCUT2D eigenvalue weighted by Gasteiger charge is -2.11. The quantitative estimate of drug-likeness (QED) is 0.553. The smallest absolute Gasteiger partial charge is 0.310 e. The fraction of sp³-hybridized carbons (Fsp3) is 0.333. The molecule has 0 saturated carbocycles. The van der Waals surface area contributed by atoms with Crippen LogP contribution in [0.25, 0.3) is 0 Å². The van der Waals surface area contributed by atoms with E-state index >= 15 is 0 Å². The van der Waals surface area contributed by atoms with E-state index in [0.717, 1.165) is 10.8 Å². The van der Waals surface area contributed by atoms with Gasteiger partial charge in [-0.05, 0) is 0 Å². The number of oxime groups is 1. The van der Waals surface area contributed by atoms with Crippen molar-refractivity contribution in [3.05, 3.63) is 5.56 Å². The fourth-order valence-corrected chi connectivity index (χ4v) is 3.47. The van der Waals surface area contributed by atoms with Gasteiger partial charge < -0.3 is 4.84 Å². The highest BCUT2D eigenvalue weighted by molar-refractivity contribution is 8.14. The molecule has 0 fully saturated rings. The molecule has 0 saturated heterocycles. The van der Waals surface area contributed by atoms with Gasteiger partial charge in [0.2, 0.25) is 6.08 Å². The van der Waals surface area contributed by atoms with Gasteiger partial charge in [-0.1, -0.05) is 21.3 Å². The van der Waals surface area contributed by atoms with E-state index in [0.29, 0.717) is 12.4 Å². The molecule has 0 aromatic carbocycles. The molecule has 12 heteroatoms. The summed E-state index contributed by atoms with van der Waals surface area (Å²) in [7, 11) is -3.06. The van der Waals surface area contributed by atoms with Crippen LogP contribution in [0, 0.1) is 0 Å². The first-order valence-corrected chi connectivity index (χ1v) is 7.76. The number of hydrogen-bond acceptors (Lipinski definition) is 9. The van der Waals surface area contributed by atoms with E-state index in [1.807, 2.05) is 0 Å². The van der Waals surface area contributed by atoms with Gasteiger partial charge in [-0.3, -0.25) is 4.68 Å². The first-order valence-electron chi connectivity index (χ1n) is 5.33. The maximum absolute atomic E-state index is 12.0. The van der Waals surface area contributed by atoms with Crippen LogP contribution in [-0.4, -0.2) is 47.8 Å². The van der Waals surface area contributed by atoms with Gasteiger partial charge in [0, 0.05) is 12.8 Å². The molecule has 21 heavy (non-hydrogen) atoms. The zero-order valence-corrected chi connectivity index (χ0v) is 12.1. The zero-order valence-electron chi connectivity index (χ0n) is 10.5. The summed E-state index contributed by atoms with van der Waals surface area (Å²) in [4.78, 5) is 29.0. The van der Waals surface area contributed by atoms with E-state index in [2.05, 4.69) is 19.6 Å². The number of nitrogens with zero attached hydrogens (tertiary/aromatic N) is 5. The van der Waals surface area contributed by atoms with Crippen molar-refractivity contribution >= 4 is 44.8 Å². The second-order valence-corrected chi connectivity index (χ2v) is 6.17. The molecule has 0 spiro atoms. The van der Waals surface area contributed by atoms with Crippen LogP contribution in [-0.2, 0) is 31.5 Å². The predicted molar refractivity (Wildman–Crippen MR) is 71.2 cm³/mol. The maximum atomic E-state index is 12.0. The first-order chi connectivity index (χ1) is 10.0. The van der Waals surface area contributed by atoms with Gasteiger partial charge in [0.15, 0.2) is 10.8 Å². The van der Waals surface area contributed by atoms with E-state index < -0.39 is 15.0 Å². The van der Waals surface area contributed by atoms with Gasteiger partial charge in [-0.25, -0.2) is 9.59 Å². The van der Waals surface area contributed by atoms with Crippen molar-refractivity contribution in [3.8, 4) is 0 Å². The molecule has 110 valence electrons. The Morgan fingerprint density at radius 2 is 2.14 bits per heavy atom. The van der Waals surface area contributed by atoms with E-state index in [1.54, 1.807) is 0 Å². The Morgan fingerprint density at radius 1 is 1.38 bits per heavy atom. The SMILES string of the molecule is Cn1nc(N=C=O)c(C2=NOCCS2)c1S(=O)(=O)N=C=O. The second kappa shape index (κ2) is 6.02. The number of hydrogen-bond donors (Lipinski definition) is 0. The van der Waals surface area contributed by atoms with Gasteiger partial charge in [-0.2, -0.15) is 13.5 Å². The maximum Gasteiger partial charge on any atom is 0.310 e. The number of carbonyl (C=O) groups excluding carboxylic acids is 2. The highest BCUT2D eigenvalue weighted by Crippen LogP contribution is 2.32. The van der Waals surface area contributed by atoms with Crippen molar-refractivity contribution in [3.63, 3.8) is 0 Å². The summed E-state index contributed by atoms with van der Waals surface area (Å²) < 4.78 is 27.7. The predicted octanol–water partition coefficient (Wildman–Crippen LogP) is -0.163. The molecule has 0 bridgehead atoms. The first kappa shape index (κ1) is 15.1. The number of isocyanates is 2. The molecule has 2 heterocycles. The number of thioether (sulfide) groups is 1. The Morgan fingerprint density at radius 3 is 2.71 bits per heavy atom. The average Bonchev–Trinajstić information content (AvgIpc) is 2.77. The van der Waals surface area contributed by atoms with Crippen molar-refractivity contribution in [2.75, 3.05) is 12.4 Å². The van der Waals surface area contributed by atoms with Gasteiger partial charge in [0.25, 0.3) is 6.08 Å². The third-order valence-corrected chi connectivity index (χ3v) is 4.50. The van der Waals surface area contributed by atoms with Crippen molar-refractivity contribution in [1.29, 1.82) is 0 Å². The van der Waals surface area contributed by atoms with Crippen LogP contribution < -0.4 is 0 Å². The Hall–Kier alpha value is -2.26. The second-order valence-electron chi connectivity index (χ2n) is 3.57. The van der Waals surface area contributed by atoms with E-state index in [-0.39, 0.29) is 16.4 Å². The van der Waals surface area contributed by atoms with E-state index in [9.17, 15) is 18.0 Å². The fourth-order valence-electron chi connectivity index (χ4n) is 1.62. The minimum atomic E-state index is -4.36. The topological polar surface area (TPSA) is 132 Å². The van der Waals surface area contributed by atoms with E-state index in [1.165, 1.54) is 24.9 Å². The number of aromatic nitrogens is 2. The number of aliphatic imine (C=N–C) groups is 1. The molecule has 10 nitrogen and oxygen atoms in total. The zero-order chi connectivity index (χ0) is 15.5. The summed E-state index contributed by atoms with van der Waals surface area (Å²) in [6, 6.07) is 0. The molecule has 2 rings (SSSR count). The Labute approximate surface area is 122 Å². The van der Waals surface area contributed by atoms with Crippen LogP contribution in [0.4, 0.5) is 5.82 Å². The number of rotatable bonds is 4. The summed E-state index contributed by atoms with van der Waals surface area (Å²) in [5.74, 6) is 0.318. The molecule has 0 unspecified atom stereocenters. The van der Waals surface area contributed by atoms with Gasteiger partial charge in [0.1, 0.15) is 11.7 Å². The third-order valence-electron chi connectivity index (χ3n) is 2.30. The lowest BCUT2D eigenvalue weighted by atomic mass is 10.3. The number of aryl methyl sites for hydroxylation is 1. The lowest BCUT2D eigenvalue weighted by molar-refractivity contribution is 0.160. The van der Waals surface area contributed by atoms with Gasteiger partial charge in [-0.15, -0.1) is 4.99 Å². The van der Waals surface area contributed by atoms with E-state index in [4.69, 9.17) is 4.84 Å². The van der Waals surface area contributed by atoms with Gasteiger partial charge in [0.05, 0.1) is 5.56 Å². The normalized spacial score (nSPS) is 14.4. The lowest BCUT2D eigenvalue weighted by Crippen LogP contribution is -2.13. The highest BCUT2D eigenvalue weighted by Gasteiger charge is 2.31. The Bertz CT molecular complexity index is 799. The molecule has 0 atom stereocenters. The summed E-state index contributed by atoms with van der Waals surface area (Å²) in [6.45, 7) is 0.356. The number of sulfonamides is 1. The minimum absolute atomic E-state index is 0.0652. The molecule has 1 aromatic heterocycles. The molecular weight excluding hydrogens is 322 g/mol. The molecule has 1 aromatic rings. The molecule has 1 aliphatic rings. The molecule has 1 aliphatic heterocycles. The molecule has 0 amide bonds. The summed E-state index contributed by atoms with van der Waals surface area (Å²) in [6.07, 6.45) is 2.24. The minimum Gasteiger partial charge on any atom is -0.394 e. The summed E-state index contributed by atoms with van der Waals surface area (Å²) in [5, 5.41) is 7.25. The summed E-state index contributed by atoms with van der Waals surface area (Å²) >= 11 is 1.20. The molecule has 0 aliphatic carbocycles. The standard InChI is InChI=1S/C9H7N5O5S2/c1-14-9(21(17,18)11-5-16)6(7(12-14)10-4-15)8-13-19-2-3-20-8/h2-3H2,1H3. The average molecular weight is 329 g/mol. The third kappa shape index (κ3) is 2.93. The molecule has 0 N–H and O–H groups in total. The van der Waals surface area contributed by atoms with Crippen molar-refractivity contribution in [1.82, 2.24) is 9.78 Å². The summed E-state index contributed by atoms with van der Waals surface area (Å²) in [5.41, 5.74) is -0.0652. The Balaban J connectivity index is 2.78. The Kier molecular flexibility index (Phi) is 4.34. The van der Waals surface area contributed by atoms with Crippen LogP contribution in [0.5, 0.6) is 0 Å².